The maximum absolute atomic E-state index is 12.2. The number of nitro groups is 1. The van der Waals surface area contributed by atoms with Gasteiger partial charge in [-0.25, -0.2) is 9.48 Å². The average molecular weight is 380 g/mol. The van der Waals surface area contributed by atoms with E-state index in [1.54, 1.807) is 17.7 Å². The van der Waals surface area contributed by atoms with Crippen molar-refractivity contribution in [3.05, 3.63) is 82.0 Å². The Balaban J connectivity index is 1.62. The molecule has 0 saturated carbocycles. The Hall–Kier alpha value is -4.01. The van der Waals surface area contributed by atoms with Crippen LogP contribution in [0.5, 0.6) is 0 Å². The molecule has 3 aromatic rings. The number of hydrogen-bond donors (Lipinski definition) is 1. The molecule has 0 spiro atoms. The van der Waals surface area contributed by atoms with Gasteiger partial charge < -0.3 is 10.1 Å². The van der Waals surface area contributed by atoms with E-state index >= 15 is 0 Å². The predicted molar refractivity (Wildman–Crippen MR) is 100 cm³/mol. The fourth-order valence-corrected chi connectivity index (χ4v) is 2.47. The molecule has 2 aromatic carbocycles. The van der Waals surface area contributed by atoms with Crippen molar-refractivity contribution in [2.75, 3.05) is 11.9 Å². The molecule has 0 fully saturated rings. The molecule has 28 heavy (non-hydrogen) atoms. The first-order chi connectivity index (χ1) is 13.4. The highest BCUT2D eigenvalue weighted by Gasteiger charge is 2.15. The second-order valence-electron chi connectivity index (χ2n) is 5.85. The lowest BCUT2D eigenvalue weighted by molar-refractivity contribution is -0.384. The topological polar surface area (TPSA) is 116 Å². The van der Waals surface area contributed by atoms with Gasteiger partial charge in [0.15, 0.2) is 6.61 Å². The Morgan fingerprint density at radius 2 is 1.82 bits per heavy atom. The van der Waals surface area contributed by atoms with Gasteiger partial charge in [0.2, 0.25) is 0 Å². The Bertz CT molecular complexity index is 1010. The zero-order valence-corrected chi connectivity index (χ0v) is 14.9. The van der Waals surface area contributed by atoms with E-state index in [0.29, 0.717) is 11.5 Å². The quantitative estimate of drug-likeness (QED) is 0.399. The van der Waals surface area contributed by atoms with Crippen molar-refractivity contribution in [2.45, 2.75) is 6.92 Å². The third kappa shape index (κ3) is 4.39. The van der Waals surface area contributed by atoms with Gasteiger partial charge >= 0.3 is 5.97 Å². The summed E-state index contributed by atoms with van der Waals surface area (Å²) >= 11 is 0. The number of amides is 1. The molecule has 1 heterocycles. The molecule has 1 N–H and O–H groups in total. The van der Waals surface area contributed by atoms with Crippen LogP contribution in [0.2, 0.25) is 0 Å². The van der Waals surface area contributed by atoms with Crippen LogP contribution < -0.4 is 5.32 Å². The normalized spacial score (nSPS) is 10.3. The SMILES string of the molecule is Cc1cc(NC(=O)COC(=O)c2ccc([N+](=O)[O-])cc2)n(-c2ccccc2)n1. The number of rotatable bonds is 6. The molecule has 9 heteroatoms. The summed E-state index contributed by atoms with van der Waals surface area (Å²) in [5.74, 6) is -0.842. The maximum atomic E-state index is 12.2. The molecule has 0 aliphatic carbocycles. The number of nitrogens with one attached hydrogen (secondary N) is 1. The molecule has 9 nitrogen and oxygen atoms in total. The summed E-state index contributed by atoms with van der Waals surface area (Å²) in [6.45, 7) is 1.29. The summed E-state index contributed by atoms with van der Waals surface area (Å²) in [7, 11) is 0. The molecule has 3 rings (SSSR count). The minimum atomic E-state index is -0.752. The second-order valence-corrected chi connectivity index (χ2v) is 5.85. The van der Waals surface area contributed by atoms with E-state index in [-0.39, 0.29) is 11.3 Å². The second kappa shape index (κ2) is 8.12. The number of anilines is 1. The molecular weight excluding hydrogens is 364 g/mol. The summed E-state index contributed by atoms with van der Waals surface area (Å²) in [6, 6.07) is 15.9. The first-order valence-electron chi connectivity index (χ1n) is 8.27. The van der Waals surface area contributed by atoms with E-state index in [0.717, 1.165) is 5.69 Å². The third-order valence-electron chi connectivity index (χ3n) is 3.75. The highest BCUT2D eigenvalue weighted by atomic mass is 16.6. The number of nitrogens with zero attached hydrogens (tertiary/aromatic N) is 3. The van der Waals surface area contributed by atoms with Gasteiger partial charge in [-0.3, -0.25) is 14.9 Å². The average Bonchev–Trinajstić information content (AvgIpc) is 3.06. The monoisotopic (exact) mass is 380 g/mol. The molecule has 1 amide bonds. The Labute approximate surface area is 159 Å². The lowest BCUT2D eigenvalue weighted by Crippen LogP contribution is -2.22. The molecule has 142 valence electrons. The van der Waals surface area contributed by atoms with Crippen molar-refractivity contribution in [3.8, 4) is 5.69 Å². The molecule has 1 aromatic heterocycles. The van der Waals surface area contributed by atoms with Gasteiger partial charge in [0, 0.05) is 18.2 Å². The van der Waals surface area contributed by atoms with Crippen molar-refractivity contribution in [1.82, 2.24) is 9.78 Å². The number of ether oxygens (including phenoxy) is 1. The van der Waals surface area contributed by atoms with Crippen LogP contribution in [0, 0.1) is 17.0 Å². The van der Waals surface area contributed by atoms with E-state index in [1.807, 2.05) is 30.3 Å². The van der Waals surface area contributed by atoms with Crippen LogP contribution in [0.1, 0.15) is 16.1 Å². The largest absolute Gasteiger partial charge is 0.452 e. The number of para-hydroxylation sites is 1. The zero-order chi connectivity index (χ0) is 20.1. The van der Waals surface area contributed by atoms with E-state index in [2.05, 4.69) is 10.4 Å². The Kier molecular flexibility index (Phi) is 5.45. The summed E-state index contributed by atoms with van der Waals surface area (Å²) in [6.07, 6.45) is 0. The lowest BCUT2D eigenvalue weighted by atomic mass is 10.2. The van der Waals surface area contributed by atoms with Gasteiger partial charge in [0.05, 0.1) is 21.9 Å². The van der Waals surface area contributed by atoms with Crippen molar-refractivity contribution in [3.63, 3.8) is 0 Å². The first kappa shape index (κ1) is 18.8. The highest BCUT2D eigenvalue weighted by Crippen LogP contribution is 2.17. The number of carbonyl (C=O) groups is 2. The van der Waals surface area contributed by atoms with Gasteiger partial charge in [-0.15, -0.1) is 0 Å². The van der Waals surface area contributed by atoms with Gasteiger partial charge in [-0.1, -0.05) is 18.2 Å². The Morgan fingerprint density at radius 3 is 2.46 bits per heavy atom. The van der Waals surface area contributed by atoms with Gasteiger partial charge in [0.25, 0.3) is 11.6 Å². The summed E-state index contributed by atoms with van der Waals surface area (Å²) in [5, 5.41) is 17.6. The van der Waals surface area contributed by atoms with Gasteiger partial charge in [0.1, 0.15) is 5.82 Å². The molecule has 0 aliphatic rings. The Morgan fingerprint density at radius 1 is 1.14 bits per heavy atom. The maximum Gasteiger partial charge on any atom is 0.338 e. The van der Waals surface area contributed by atoms with Crippen molar-refractivity contribution < 1.29 is 19.2 Å². The van der Waals surface area contributed by atoms with Crippen molar-refractivity contribution in [2.24, 2.45) is 0 Å². The van der Waals surface area contributed by atoms with Crippen LogP contribution in [-0.4, -0.2) is 33.2 Å². The van der Waals surface area contributed by atoms with E-state index in [1.165, 1.54) is 24.3 Å². The summed E-state index contributed by atoms with van der Waals surface area (Å²) < 4.78 is 6.54. The van der Waals surface area contributed by atoms with Gasteiger partial charge in [-0.2, -0.15) is 5.10 Å². The summed E-state index contributed by atoms with van der Waals surface area (Å²) in [4.78, 5) is 34.2. The van der Waals surface area contributed by atoms with Crippen LogP contribution in [-0.2, 0) is 9.53 Å². The molecular formula is C19H16N4O5. The minimum Gasteiger partial charge on any atom is -0.452 e. The number of carbonyl (C=O) groups excluding carboxylic acids is 2. The van der Waals surface area contributed by atoms with Crippen LogP contribution in [0.4, 0.5) is 11.5 Å². The molecule has 0 bridgehead atoms. The van der Waals surface area contributed by atoms with Crippen LogP contribution in [0.25, 0.3) is 5.69 Å². The minimum absolute atomic E-state index is 0.114. The zero-order valence-electron chi connectivity index (χ0n) is 14.9. The van der Waals surface area contributed by atoms with Crippen LogP contribution in [0.3, 0.4) is 0 Å². The number of aryl methyl sites for hydroxylation is 1. The molecule has 0 unspecified atom stereocenters. The van der Waals surface area contributed by atoms with Gasteiger partial charge in [-0.05, 0) is 31.2 Å². The smallest absolute Gasteiger partial charge is 0.338 e. The number of benzene rings is 2. The fourth-order valence-electron chi connectivity index (χ4n) is 2.47. The molecule has 0 aliphatic heterocycles. The molecule has 0 saturated heterocycles. The summed E-state index contributed by atoms with van der Waals surface area (Å²) in [5.41, 5.74) is 1.46. The van der Waals surface area contributed by atoms with Crippen LogP contribution in [0.15, 0.2) is 60.7 Å². The lowest BCUT2D eigenvalue weighted by Gasteiger charge is -2.09. The number of non-ortho nitro benzene ring substituents is 1. The van der Waals surface area contributed by atoms with E-state index in [9.17, 15) is 19.7 Å². The number of esters is 1. The third-order valence-corrected chi connectivity index (χ3v) is 3.75. The van der Waals surface area contributed by atoms with Crippen molar-refractivity contribution in [1.29, 1.82) is 0 Å². The number of hydrogen-bond acceptors (Lipinski definition) is 6. The number of nitro benzene ring substituents is 1. The predicted octanol–water partition coefficient (Wildman–Crippen LogP) is 2.88. The van der Waals surface area contributed by atoms with E-state index in [4.69, 9.17) is 4.74 Å². The molecule has 0 radical (unpaired) electrons. The molecule has 0 atom stereocenters. The highest BCUT2D eigenvalue weighted by molar-refractivity contribution is 5.95. The standard InChI is InChI=1S/C19H16N4O5/c1-13-11-17(22(21-13)15-5-3-2-4-6-15)20-18(24)12-28-19(25)14-7-9-16(10-8-14)23(26)27/h2-11H,12H2,1H3,(H,20,24). The first-order valence-corrected chi connectivity index (χ1v) is 8.27. The van der Waals surface area contributed by atoms with Crippen LogP contribution >= 0.6 is 0 Å². The fraction of sp³-hybridized carbons (Fsp3) is 0.105. The van der Waals surface area contributed by atoms with Crippen molar-refractivity contribution >= 4 is 23.4 Å². The van der Waals surface area contributed by atoms with E-state index < -0.39 is 23.4 Å². The number of aromatic nitrogens is 2.